The van der Waals surface area contributed by atoms with Crippen molar-refractivity contribution in [1.82, 2.24) is 9.13 Å². The van der Waals surface area contributed by atoms with Gasteiger partial charge in [-0.25, -0.2) is 0 Å². The highest BCUT2D eigenvalue weighted by atomic mass is 16.3. The number of hydrogen-bond donors (Lipinski definition) is 0. The lowest BCUT2D eigenvalue weighted by molar-refractivity contribution is 0.669. The summed E-state index contributed by atoms with van der Waals surface area (Å²) in [6.07, 6.45) is 0. The van der Waals surface area contributed by atoms with Crippen molar-refractivity contribution in [2.75, 3.05) is 4.90 Å². The molecule has 0 aliphatic carbocycles. The van der Waals surface area contributed by atoms with E-state index in [4.69, 9.17) is 4.42 Å². The van der Waals surface area contributed by atoms with Crippen molar-refractivity contribution in [2.45, 2.75) is 0 Å². The van der Waals surface area contributed by atoms with Crippen LogP contribution < -0.4 is 4.90 Å². The summed E-state index contributed by atoms with van der Waals surface area (Å²) in [5.74, 6) is 0. The molecule has 3 heterocycles. The summed E-state index contributed by atoms with van der Waals surface area (Å²) in [5.41, 5.74) is 19.1. The number of furan rings is 1. The van der Waals surface area contributed by atoms with Crippen molar-refractivity contribution >= 4 is 82.6 Å². The quantitative estimate of drug-likeness (QED) is 0.152. The molecule has 328 valence electrons. The summed E-state index contributed by atoms with van der Waals surface area (Å²) in [4.78, 5) is 2.36. The lowest BCUT2D eigenvalue weighted by atomic mass is 9.99. The van der Waals surface area contributed by atoms with E-state index in [0.29, 0.717) is 0 Å². The van der Waals surface area contributed by atoms with Crippen molar-refractivity contribution in [1.29, 1.82) is 0 Å². The van der Waals surface area contributed by atoms with Crippen LogP contribution in [0.4, 0.5) is 17.1 Å². The van der Waals surface area contributed by atoms with Crippen LogP contribution in [0.1, 0.15) is 0 Å². The monoisotopic (exact) mass is 893 g/mol. The average Bonchev–Trinajstić information content (AvgIpc) is 4.09. The maximum Gasteiger partial charge on any atom is 0.135 e. The first-order valence-corrected chi connectivity index (χ1v) is 23.9. The Morgan fingerprint density at radius 1 is 0.243 bits per heavy atom. The Balaban J connectivity index is 0.828. The van der Waals surface area contributed by atoms with Gasteiger partial charge in [0.25, 0.3) is 0 Å². The molecule has 0 spiro atoms. The van der Waals surface area contributed by atoms with Gasteiger partial charge in [0.15, 0.2) is 0 Å². The molecule has 0 aliphatic heterocycles. The van der Waals surface area contributed by atoms with E-state index in [0.717, 1.165) is 61.5 Å². The highest BCUT2D eigenvalue weighted by molar-refractivity contribution is 6.11. The fourth-order valence-electron chi connectivity index (χ4n) is 10.8. The molecule has 14 rings (SSSR count). The van der Waals surface area contributed by atoms with E-state index in [2.05, 4.69) is 263 Å². The summed E-state index contributed by atoms with van der Waals surface area (Å²) in [6.45, 7) is 0. The normalized spacial score (nSPS) is 11.7. The molecule has 0 radical (unpaired) electrons. The summed E-state index contributed by atoms with van der Waals surface area (Å²) in [6, 6.07) is 94.2. The third-order valence-corrected chi connectivity index (χ3v) is 14.1. The minimum Gasteiger partial charge on any atom is -0.456 e. The van der Waals surface area contributed by atoms with Crippen molar-refractivity contribution in [2.24, 2.45) is 0 Å². The highest BCUT2D eigenvalue weighted by Crippen LogP contribution is 2.41. The Bertz CT molecular complexity index is 4200. The summed E-state index contributed by atoms with van der Waals surface area (Å²) < 4.78 is 10.9. The molecule has 0 unspecified atom stereocenters. The molecule has 14 aromatic rings. The second kappa shape index (κ2) is 16.2. The van der Waals surface area contributed by atoms with Gasteiger partial charge < -0.3 is 18.5 Å². The van der Waals surface area contributed by atoms with Crippen LogP contribution in [0.5, 0.6) is 0 Å². The van der Waals surface area contributed by atoms with Gasteiger partial charge >= 0.3 is 0 Å². The van der Waals surface area contributed by atoms with E-state index in [1.165, 1.54) is 65.9 Å². The Morgan fingerprint density at radius 2 is 0.614 bits per heavy atom. The molecule has 0 saturated heterocycles. The topological polar surface area (TPSA) is 26.2 Å². The molecule has 4 nitrogen and oxygen atoms in total. The number of benzene rings is 11. The Labute approximate surface area is 404 Å². The zero-order chi connectivity index (χ0) is 46.1. The van der Waals surface area contributed by atoms with Crippen LogP contribution in [-0.4, -0.2) is 9.13 Å². The van der Waals surface area contributed by atoms with Gasteiger partial charge in [-0.05, 0) is 137 Å². The average molecular weight is 894 g/mol. The van der Waals surface area contributed by atoms with E-state index < -0.39 is 0 Å². The van der Waals surface area contributed by atoms with Crippen molar-refractivity contribution in [3.8, 4) is 44.8 Å². The number of nitrogens with zero attached hydrogens (tertiary/aromatic N) is 3. The fourth-order valence-corrected chi connectivity index (χ4v) is 10.8. The van der Waals surface area contributed by atoms with Gasteiger partial charge in [0, 0.05) is 60.8 Å². The number of fused-ring (bicyclic) bond motifs is 9. The van der Waals surface area contributed by atoms with Crippen LogP contribution in [0.25, 0.3) is 110 Å². The van der Waals surface area contributed by atoms with Crippen LogP contribution in [0.3, 0.4) is 0 Å². The number of hydrogen-bond acceptors (Lipinski definition) is 2. The first-order valence-electron chi connectivity index (χ1n) is 23.9. The molecule has 11 aromatic carbocycles. The largest absolute Gasteiger partial charge is 0.456 e. The van der Waals surface area contributed by atoms with Gasteiger partial charge in [0.05, 0.1) is 22.1 Å². The Kier molecular flexibility index (Phi) is 9.17. The molecule has 0 bridgehead atoms. The van der Waals surface area contributed by atoms with E-state index in [1.807, 2.05) is 12.1 Å². The third kappa shape index (κ3) is 6.53. The van der Waals surface area contributed by atoms with Crippen LogP contribution >= 0.6 is 0 Å². The first kappa shape index (κ1) is 39.8. The lowest BCUT2D eigenvalue weighted by Gasteiger charge is -2.26. The molecular weight excluding hydrogens is 851 g/mol. The predicted molar refractivity (Wildman–Crippen MR) is 293 cm³/mol. The van der Waals surface area contributed by atoms with E-state index in [-0.39, 0.29) is 0 Å². The zero-order valence-corrected chi connectivity index (χ0v) is 38.1. The SMILES string of the molecule is c1ccc(-n2c3ccccc3c3ccc(-c4ccc(N(c5ccc(-c6ccc(-c7ccc8oc9ccccc9c8c7)cc6)cc5)c5ccc(-n6c7ccccc7c7ccccc76)cc5)cc4)cc32)cc1. The molecule has 0 aliphatic rings. The molecule has 0 fully saturated rings. The standard InChI is InChI=1S/C66H43N3O/c1-2-12-50(13-3-1)69-63-20-10-6-16-57(63)58-40-30-49(43-64(58)69)47-28-34-52(35-29-47)67(53-36-38-54(39-37-53)68-61-18-8-4-14-55(61)56-15-5-9-19-62(56)68)51-32-26-45(27-33-51)44-22-24-46(25-23-44)48-31-41-66-60(42-48)59-17-7-11-21-65(59)70-66/h1-43H. The fraction of sp³-hybridized carbons (Fsp3) is 0. The molecule has 70 heavy (non-hydrogen) atoms. The van der Waals surface area contributed by atoms with Gasteiger partial charge in [-0.3, -0.25) is 0 Å². The van der Waals surface area contributed by atoms with Gasteiger partial charge in [-0.2, -0.15) is 0 Å². The summed E-state index contributed by atoms with van der Waals surface area (Å²) in [5, 5.41) is 7.28. The third-order valence-electron chi connectivity index (χ3n) is 14.1. The molecule has 0 amide bonds. The van der Waals surface area contributed by atoms with E-state index in [1.54, 1.807) is 0 Å². The molecule has 0 N–H and O–H groups in total. The smallest absolute Gasteiger partial charge is 0.135 e. The van der Waals surface area contributed by atoms with E-state index in [9.17, 15) is 0 Å². The van der Waals surface area contributed by atoms with Crippen LogP contribution in [0.15, 0.2) is 265 Å². The second-order valence-corrected chi connectivity index (χ2v) is 18.1. The summed E-state index contributed by atoms with van der Waals surface area (Å²) in [7, 11) is 0. The van der Waals surface area contributed by atoms with Crippen LogP contribution in [0.2, 0.25) is 0 Å². The number of anilines is 3. The van der Waals surface area contributed by atoms with E-state index >= 15 is 0 Å². The molecule has 0 atom stereocenters. The zero-order valence-electron chi connectivity index (χ0n) is 38.1. The minimum absolute atomic E-state index is 0.909. The molecule has 4 heteroatoms. The minimum atomic E-state index is 0.909. The number of rotatable bonds is 8. The maximum atomic E-state index is 6.11. The van der Waals surface area contributed by atoms with Crippen molar-refractivity contribution in [3.63, 3.8) is 0 Å². The van der Waals surface area contributed by atoms with Gasteiger partial charge in [0.1, 0.15) is 11.2 Å². The Morgan fingerprint density at radius 3 is 1.19 bits per heavy atom. The first-order chi connectivity index (χ1) is 34.7. The van der Waals surface area contributed by atoms with Gasteiger partial charge in [0.2, 0.25) is 0 Å². The highest BCUT2D eigenvalue weighted by Gasteiger charge is 2.18. The van der Waals surface area contributed by atoms with Crippen LogP contribution in [-0.2, 0) is 0 Å². The number of aromatic nitrogens is 2. The maximum absolute atomic E-state index is 6.11. The molecular formula is C66H43N3O. The summed E-state index contributed by atoms with van der Waals surface area (Å²) >= 11 is 0. The second-order valence-electron chi connectivity index (χ2n) is 18.1. The van der Waals surface area contributed by atoms with Crippen molar-refractivity contribution < 1.29 is 4.42 Å². The van der Waals surface area contributed by atoms with Gasteiger partial charge in [-0.1, -0.05) is 158 Å². The van der Waals surface area contributed by atoms with Crippen molar-refractivity contribution in [3.05, 3.63) is 261 Å². The lowest BCUT2D eigenvalue weighted by Crippen LogP contribution is -2.10. The molecule has 3 aromatic heterocycles. The van der Waals surface area contributed by atoms with Crippen LogP contribution in [0, 0.1) is 0 Å². The predicted octanol–water partition coefficient (Wildman–Crippen LogP) is 18.3. The number of para-hydroxylation sites is 5. The Hall–Kier alpha value is -9.38. The molecule has 0 saturated carbocycles. The van der Waals surface area contributed by atoms with Gasteiger partial charge in [-0.15, -0.1) is 0 Å².